The second kappa shape index (κ2) is 6.88. The fourth-order valence-corrected chi connectivity index (χ4v) is 3.74. The van der Waals surface area contributed by atoms with Crippen LogP contribution in [0.15, 0.2) is 30.3 Å². The van der Waals surface area contributed by atoms with Gasteiger partial charge in [0, 0.05) is 6.42 Å². The molecule has 1 aromatic rings. The maximum atomic E-state index is 12.2. The average Bonchev–Trinajstić information content (AvgIpc) is 2.79. The number of hydrogen-bond acceptors (Lipinski definition) is 5. The van der Waals surface area contributed by atoms with Crippen molar-refractivity contribution in [2.75, 3.05) is 13.2 Å². The van der Waals surface area contributed by atoms with Gasteiger partial charge >= 0.3 is 13.7 Å². The lowest BCUT2D eigenvalue weighted by molar-refractivity contribution is 0.137. The van der Waals surface area contributed by atoms with Crippen LogP contribution in [-0.4, -0.2) is 25.1 Å². The molecule has 0 aromatic heterocycles. The van der Waals surface area contributed by atoms with Crippen LogP contribution in [0.4, 0.5) is 4.79 Å². The zero-order valence-corrected chi connectivity index (χ0v) is 12.2. The molecule has 0 bridgehead atoms. The molecule has 2 rings (SSSR count). The van der Waals surface area contributed by atoms with E-state index in [1.165, 1.54) is 0 Å². The molecule has 0 radical (unpaired) electrons. The summed E-state index contributed by atoms with van der Waals surface area (Å²) in [6, 6.07) is 9.33. The largest absolute Gasteiger partial charge is 0.445 e. The number of carbonyl (C=O) groups is 1. The predicted octanol–water partition coefficient (Wildman–Crippen LogP) is 2.89. The van der Waals surface area contributed by atoms with Crippen molar-refractivity contribution in [3.8, 4) is 0 Å². The smallest absolute Gasteiger partial charge is 0.408 e. The van der Waals surface area contributed by atoms with Gasteiger partial charge in [-0.25, -0.2) is 4.79 Å². The summed E-state index contributed by atoms with van der Waals surface area (Å²) in [5.41, 5.74) is 0.887. The third kappa shape index (κ3) is 3.82. The van der Waals surface area contributed by atoms with Gasteiger partial charge in [-0.15, -0.1) is 0 Å². The quantitative estimate of drug-likeness (QED) is 0.846. The van der Waals surface area contributed by atoms with Crippen molar-refractivity contribution in [1.29, 1.82) is 0 Å². The van der Waals surface area contributed by atoms with Crippen LogP contribution in [0.3, 0.4) is 0 Å². The first-order chi connectivity index (χ1) is 9.64. The SMILES string of the molecule is CCOP1(=O)OCC[C@H]1NC(=O)OCc1ccccc1. The topological polar surface area (TPSA) is 73.9 Å². The Kier molecular flexibility index (Phi) is 5.17. The minimum absolute atomic E-state index is 0.166. The number of carbonyl (C=O) groups excluding carboxylic acids is 1. The van der Waals surface area contributed by atoms with Gasteiger partial charge in [0.05, 0.1) is 13.2 Å². The first kappa shape index (κ1) is 15.0. The van der Waals surface area contributed by atoms with Crippen molar-refractivity contribution >= 4 is 13.7 Å². The Hall–Kier alpha value is -1.36. The summed E-state index contributed by atoms with van der Waals surface area (Å²) >= 11 is 0. The van der Waals surface area contributed by atoms with E-state index < -0.39 is 19.5 Å². The van der Waals surface area contributed by atoms with Crippen LogP contribution < -0.4 is 5.32 Å². The van der Waals surface area contributed by atoms with Gasteiger partial charge in [-0.1, -0.05) is 30.3 Å². The number of rotatable bonds is 5. The van der Waals surface area contributed by atoms with Crippen molar-refractivity contribution in [1.82, 2.24) is 5.32 Å². The number of amides is 1. The lowest BCUT2D eigenvalue weighted by atomic mass is 10.2. The fourth-order valence-electron chi connectivity index (χ4n) is 1.90. The Morgan fingerprint density at radius 3 is 2.90 bits per heavy atom. The molecule has 0 aliphatic carbocycles. The maximum absolute atomic E-state index is 12.2. The van der Waals surface area contributed by atoms with Crippen LogP contribution in [0.2, 0.25) is 0 Å². The van der Waals surface area contributed by atoms with E-state index in [4.69, 9.17) is 13.8 Å². The van der Waals surface area contributed by atoms with Gasteiger partial charge in [-0.05, 0) is 12.5 Å². The van der Waals surface area contributed by atoms with E-state index >= 15 is 0 Å². The highest BCUT2D eigenvalue weighted by atomic mass is 31.2. The molecule has 1 aliphatic heterocycles. The summed E-state index contributed by atoms with van der Waals surface area (Å²) in [6.07, 6.45) is -0.165. The van der Waals surface area contributed by atoms with Crippen LogP contribution in [0, 0.1) is 0 Å². The Labute approximate surface area is 117 Å². The van der Waals surface area contributed by atoms with Crippen LogP contribution >= 0.6 is 7.60 Å². The number of ether oxygens (including phenoxy) is 1. The van der Waals surface area contributed by atoms with Crippen LogP contribution in [0.1, 0.15) is 18.9 Å². The monoisotopic (exact) mass is 299 g/mol. The van der Waals surface area contributed by atoms with Gasteiger partial charge < -0.3 is 19.1 Å². The number of nitrogens with one attached hydrogen (secondary N) is 1. The van der Waals surface area contributed by atoms with Crippen molar-refractivity contribution in [3.63, 3.8) is 0 Å². The summed E-state index contributed by atoms with van der Waals surface area (Å²) in [7, 11) is -3.24. The van der Waals surface area contributed by atoms with E-state index in [0.717, 1.165) is 5.56 Å². The molecule has 1 aromatic carbocycles. The minimum atomic E-state index is -3.24. The molecule has 110 valence electrons. The molecule has 1 amide bonds. The Balaban J connectivity index is 1.84. The highest BCUT2D eigenvalue weighted by Crippen LogP contribution is 2.57. The fraction of sp³-hybridized carbons (Fsp3) is 0.462. The Bertz CT molecular complexity index is 493. The van der Waals surface area contributed by atoms with E-state index in [-0.39, 0.29) is 13.2 Å². The standard InChI is InChI=1S/C13H18NO5P/c1-2-18-20(16)12(8-9-19-20)14-13(15)17-10-11-6-4-3-5-7-11/h3-7,12H,2,8-10H2,1H3,(H,14,15)/t12-,20?/m0/s1. The average molecular weight is 299 g/mol. The summed E-state index contributed by atoms with van der Waals surface area (Å²) in [5.74, 6) is -0.634. The zero-order valence-electron chi connectivity index (χ0n) is 11.3. The highest BCUT2D eigenvalue weighted by Gasteiger charge is 2.42. The first-order valence-electron chi connectivity index (χ1n) is 6.50. The normalized spacial score (nSPS) is 25.4. The number of benzene rings is 1. The number of hydrogen-bond donors (Lipinski definition) is 1. The van der Waals surface area contributed by atoms with E-state index in [1.54, 1.807) is 6.92 Å². The summed E-state index contributed by atoms with van der Waals surface area (Å²) in [6.45, 7) is 2.47. The molecule has 1 fully saturated rings. The van der Waals surface area contributed by atoms with Crippen molar-refractivity contribution < 1.29 is 23.1 Å². The molecule has 0 spiro atoms. The van der Waals surface area contributed by atoms with E-state index in [9.17, 15) is 9.36 Å². The first-order valence-corrected chi connectivity index (χ1v) is 8.11. The number of alkyl carbamates (subject to hydrolysis) is 1. The maximum Gasteiger partial charge on any atom is 0.408 e. The Morgan fingerprint density at radius 2 is 2.20 bits per heavy atom. The van der Waals surface area contributed by atoms with Gasteiger partial charge in [0.2, 0.25) is 0 Å². The molecular weight excluding hydrogens is 281 g/mol. The molecule has 1 aliphatic rings. The Morgan fingerprint density at radius 1 is 1.45 bits per heavy atom. The molecule has 0 saturated carbocycles. The van der Waals surface area contributed by atoms with E-state index in [2.05, 4.69) is 5.32 Å². The van der Waals surface area contributed by atoms with Crippen molar-refractivity contribution in [2.45, 2.75) is 25.7 Å². The lowest BCUT2D eigenvalue weighted by Crippen LogP contribution is -2.33. The highest BCUT2D eigenvalue weighted by molar-refractivity contribution is 7.54. The molecule has 1 saturated heterocycles. The second-order valence-corrected chi connectivity index (χ2v) is 6.52. The van der Waals surface area contributed by atoms with Crippen LogP contribution in [0.25, 0.3) is 0 Å². The van der Waals surface area contributed by atoms with Crippen LogP contribution in [-0.2, 0) is 25.0 Å². The van der Waals surface area contributed by atoms with Gasteiger partial charge in [0.25, 0.3) is 0 Å². The predicted molar refractivity (Wildman–Crippen MR) is 73.4 cm³/mol. The van der Waals surface area contributed by atoms with Crippen molar-refractivity contribution in [3.05, 3.63) is 35.9 Å². The van der Waals surface area contributed by atoms with Gasteiger partial charge in [-0.3, -0.25) is 4.57 Å². The van der Waals surface area contributed by atoms with Gasteiger partial charge in [0.1, 0.15) is 12.4 Å². The van der Waals surface area contributed by atoms with Gasteiger partial charge in [0.15, 0.2) is 0 Å². The third-order valence-corrected chi connectivity index (χ3v) is 5.16. The zero-order chi connectivity index (χ0) is 14.4. The molecule has 7 heteroatoms. The molecule has 20 heavy (non-hydrogen) atoms. The van der Waals surface area contributed by atoms with Crippen LogP contribution in [0.5, 0.6) is 0 Å². The molecular formula is C13H18NO5P. The molecule has 2 atom stereocenters. The molecule has 1 N–H and O–H groups in total. The minimum Gasteiger partial charge on any atom is -0.445 e. The summed E-state index contributed by atoms with van der Waals surface area (Å²) < 4.78 is 27.6. The van der Waals surface area contributed by atoms with Gasteiger partial charge in [-0.2, -0.15) is 0 Å². The molecule has 1 heterocycles. The summed E-state index contributed by atoms with van der Waals surface area (Å²) in [5, 5.41) is 2.55. The summed E-state index contributed by atoms with van der Waals surface area (Å²) in [4.78, 5) is 11.7. The van der Waals surface area contributed by atoms with E-state index in [1.807, 2.05) is 30.3 Å². The van der Waals surface area contributed by atoms with E-state index in [0.29, 0.717) is 13.0 Å². The second-order valence-electron chi connectivity index (χ2n) is 4.30. The third-order valence-electron chi connectivity index (χ3n) is 2.85. The lowest BCUT2D eigenvalue weighted by Gasteiger charge is -2.18. The van der Waals surface area contributed by atoms with Crippen molar-refractivity contribution in [2.24, 2.45) is 0 Å². The molecule has 1 unspecified atom stereocenters. The molecule has 6 nitrogen and oxygen atoms in total.